The molecule has 1 heterocycles. The smallest absolute Gasteiger partial charge is 0.234 e. The zero-order valence-corrected chi connectivity index (χ0v) is 7.48. The molecular weight excluding hydrogens is 144 g/mol. The zero-order valence-electron chi connectivity index (χ0n) is 6.48. The lowest BCUT2D eigenvalue weighted by molar-refractivity contribution is -0.119. The molecular formula is C6H14N2OSi. The van der Waals surface area contributed by atoms with Gasteiger partial charge in [-0.25, -0.2) is 0 Å². The van der Waals surface area contributed by atoms with Gasteiger partial charge in [-0.15, -0.1) is 0 Å². The van der Waals surface area contributed by atoms with Crippen LogP contribution in [-0.4, -0.2) is 26.2 Å². The van der Waals surface area contributed by atoms with Gasteiger partial charge in [-0.1, -0.05) is 13.1 Å². The van der Waals surface area contributed by atoms with E-state index in [0.29, 0.717) is 0 Å². The van der Waals surface area contributed by atoms with E-state index in [1.54, 1.807) is 0 Å². The maximum absolute atomic E-state index is 10.7. The Kier molecular flexibility index (Phi) is 1.83. The summed E-state index contributed by atoms with van der Waals surface area (Å²) >= 11 is 0. The highest BCUT2D eigenvalue weighted by molar-refractivity contribution is 6.78. The lowest BCUT2D eigenvalue weighted by atomic mass is 10.3. The van der Waals surface area contributed by atoms with E-state index in [4.69, 9.17) is 5.73 Å². The van der Waals surface area contributed by atoms with Crippen LogP contribution in [0.2, 0.25) is 19.1 Å². The highest BCUT2D eigenvalue weighted by Crippen LogP contribution is 2.17. The van der Waals surface area contributed by atoms with Crippen LogP contribution in [0.5, 0.6) is 0 Å². The predicted molar refractivity (Wildman–Crippen MR) is 43.3 cm³/mol. The number of hydrogen-bond donors (Lipinski definition) is 2. The van der Waals surface area contributed by atoms with Crippen LogP contribution in [0.1, 0.15) is 0 Å². The molecule has 0 spiro atoms. The molecule has 0 bridgehead atoms. The highest BCUT2D eigenvalue weighted by Gasteiger charge is 2.34. The number of amides is 1. The average Bonchev–Trinajstić information content (AvgIpc) is 2.10. The number of rotatable bonds is 1. The Morgan fingerprint density at radius 2 is 2.30 bits per heavy atom. The third kappa shape index (κ3) is 1.57. The summed E-state index contributed by atoms with van der Waals surface area (Å²) in [5.74, 6) is -0.196. The number of carbonyl (C=O) groups is 1. The van der Waals surface area contributed by atoms with Gasteiger partial charge in [0.25, 0.3) is 0 Å². The first-order valence-corrected chi connectivity index (χ1v) is 6.95. The normalized spacial score (nSPS) is 30.4. The zero-order chi connectivity index (χ0) is 7.78. The van der Waals surface area contributed by atoms with E-state index in [0.717, 1.165) is 12.2 Å². The van der Waals surface area contributed by atoms with Gasteiger partial charge in [0.1, 0.15) is 0 Å². The second-order valence-electron chi connectivity index (χ2n) is 3.70. The summed E-state index contributed by atoms with van der Waals surface area (Å²) < 4.78 is 0. The fourth-order valence-corrected chi connectivity index (χ4v) is 3.69. The maximum Gasteiger partial charge on any atom is 0.234 e. The monoisotopic (exact) mass is 158 g/mol. The Balaban J connectivity index is 2.51. The van der Waals surface area contributed by atoms with E-state index >= 15 is 0 Å². The third-order valence-electron chi connectivity index (χ3n) is 1.93. The summed E-state index contributed by atoms with van der Waals surface area (Å²) in [6.07, 6.45) is 1.03. The largest absolute Gasteiger partial charge is 0.368 e. The van der Waals surface area contributed by atoms with Crippen molar-refractivity contribution in [3.8, 4) is 0 Å². The van der Waals surface area contributed by atoms with Crippen molar-refractivity contribution in [1.82, 2.24) is 5.32 Å². The summed E-state index contributed by atoms with van der Waals surface area (Å²) in [5, 5.41) is 3.13. The molecule has 1 atom stereocenters. The molecule has 1 amide bonds. The van der Waals surface area contributed by atoms with Crippen LogP contribution in [0.4, 0.5) is 0 Å². The van der Waals surface area contributed by atoms with Crippen molar-refractivity contribution in [3.05, 3.63) is 0 Å². The van der Waals surface area contributed by atoms with Gasteiger partial charge in [-0.05, 0) is 12.2 Å². The van der Waals surface area contributed by atoms with Crippen LogP contribution in [0.3, 0.4) is 0 Å². The molecule has 3 N–H and O–H groups in total. The minimum Gasteiger partial charge on any atom is -0.368 e. The van der Waals surface area contributed by atoms with Crippen molar-refractivity contribution in [2.45, 2.75) is 25.2 Å². The molecule has 1 rings (SSSR count). The topological polar surface area (TPSA) is 55.1 Å². The number of hydrogen-bond acceptors (Lipinski definition) is 2. The van der Waals surface area contributed by atoms with Crippen LogP contribution in [0.15, 0.2) is 0 Å². The van der Waals surface area contributed by atoms with Crippen molar-refractivity contribution in [3.63, 3.8) is 0 Å². The molecule has 1 aliphatic heterocycles. The van der Waals surface area contributed by atoms with E-state index < -0.39 is 8.07 Å². The van der Waals surface area contributed by atoms with Crippen molar-refractivity contribution in [2.24, 2.45) is 5.73 Å². The minimum absolute atomic E-state index is 0.0401. The molecule has 0 unspecified atom stereocenters. The molecule has 0 radical (unpaired) electrons. The molecule has 1 aliphatic rings. The summed E-state index contributed by atoms with van der Waals surface area (Å²) in [6.45, 7) is 4.53. The number of nitrogens with one attached hydrogen (secondary N) is 1. The lowest BCUT2D eigenvalue weighted by Crippen LogP contribution is -2.35. The Morgan fingerprint density at radius 1 is 1.70 bits per heavy atom. The van der Waals surface area contributed by atoms with Gasteiger partial charge >= 0.3 is 0 Å². The lowest BCUT2D eigenvalue weighted by Gasteiger charge is -2.10. The highest BCUT2D eigenvalue weighted by atomic mass is 28.3. The van der Waals surface area contributed by atoms with E-state index in [9.17, 15) is 4.79 Å². The molecule has 4 heteroatoms. The van der Waals surface area contributed by atoms with E-state index in [1.807, 2.05) is 0 Å². The standard InChI is InChI=1S/C6H14N2OSi/c1-10(2)3-5(6(7)9)8-4-10/h5,8H,3-4H2,1-2H3,(H2,7,9)/t5-/m0/s1. The van der Waals surface area contributed by atoms with Crippen molar-refractivity contribution in [2.75, 3.05) is 6.17 Å². The van der Waals surface area contributed by atoms with Gasteiger partial charge in [-0.3, -0.25) is 4.79 Å². The molecule has 0 aromatic heterocycles. The summed E-state index contributed by atoms with van der Waals surface area (Å²) in [4.78, 5) is 10.7. The maximum atomic E-state index is 10.7. The number of primary amides is 1. The first kappa shape index (κ1) is 7.75. The summed E-state index contributed by atoms with van der Waals surface area (Å²) in [5.41, 5.74) is 5.14. The van der Waals surface area contributed by atoms with Crippen molar-refractivity contribution in [1.29, 1.82) is 0 Å². The van der Waals surface area contributed by atoms with Gasteiger partial charge < -0.3 is 11.1 Å². The fourth-order valence-electron chi connectivity index (χ4n) is 1.30. The molecule has 3 nitrogen and oxygen atoms in total. The Bertz CT molecular complexity index is 158. The number of nitrogens with two attached hydrogens (primary N) is 1. The summed E-state index contributed by atoms with van der Waals surface area (Å²) in [7, 11) is -1.08. The van der Waals surface area contributed by atoms with Gasteiger partial charge in [-0.2, -0.15) is 0 Å². The molecule has 1 fully saturated rings. The molecule has 0 aromatic rings. The van der Waals surface area contributed by atoms with Gasteiger partial charge in [0.15, 0.2) is 0 Å². The SMILES string of the molecule is C[Si]1(C)CN[C@H](C(N)=O)C1. The molecule has 58 valence electrons. The van der Waals surface area contributed by atoms with E-state index in [1.165, 1.54) is 0 Å². The second-order valence-corrected chi connectivity index (χ2v) is 8.79. The van der Waals surface area contributed by atoms with Crippen LogP contribution >= 0.6 is 0 Å². The third-order valence-corrected chi connectivity index (χ3v) is 4.60. The van der Waals surface area contributed by atoms with Gasteiger partial charge in [0.05, 0.1) is 14.1 Å². The van der Waals surface area contributed by atoms with Crippen LogP contribution in [-0.2, 0) is 4.79 Å². The van der Waals surface area contributed by atoms with E-state index in [2.05, 4.69) is 18.4 Å². The Hall–Kier alpha value is -0.353. The first-order chi connectivity index (χ1) is 4.51. The molecule has 0 aromatic carbocycles. The quantitative estimate of drug-likeness (QED) is 0.514. The Morgan fingerprint density at radius 3 is 2.50 bits per heavy atom. The van der Waals surface area contributed by atoms with Crippen LogP contribution in [0, 0.1) is 0 Å². The molecule has 1 saturated heterocycles. The van der Waals surface area contributed by atoms with E-state index in [-0.39, 0.29) is 11.9 Å². The number of carbonyl (C=O) groups excluding carboxylic acids is 1. The second kappa shape index (κ2) is 2.36. The summed E-state index contributed by atoms with van der Waals surface area (Å²) in [6, 6.07) is 0.962. The first-order valence-electron chi connectivity index (χ1n) is 3.54. The predicted octanol–water partition coefficient (Wildman–Crippen LogP) is -0.309. The molecule has 10 heavy (non-hydrogen) atoms. The van der Waals surface area contributed by atoms with Crippen molar-refractivity contribution < 1.29 is 4.79 Å². The molecule has 0 saturated carbocycles. The van der Waals surface area contributed by atoms with Crippen LogP contribution < -0.4 is 11.1 Å². The average molecular weight is 158 g/mol. The fraction of sp³-hybridized carbons (Fsp3) is 0.833. The van der Waals surface area contributed by atoms with Gasteiger partial charge in [0.2, 0.25) is 5.91 Å². The van der Waals surface area contributed by atoms with Gasteiger partial charge in [0, 0.05) is 0 Å². The molecule has 0 aliphatic carbocycles. The Labute approximate surface area is 62.0 Å². The van der Waals surface area contributed by atoms with Crippen molar-refractivity contribution >= 4 is 14.0 Å². The van der Waals surface area contributed by atoms with Crippen LogP contribution in [0.25, 0.3) is 0 Å². The minimum atomic E-state index is -1.08.